The van der Waals surface area contributed by atoms with Crippen LogP contribution in [0.15, 0.2) is 97.1 Å². The number of fused-ring (bicyclic) bond motifs is 1. The Morgan fingerprint density at radius 3 is 2.03 bits per heavy atom. The number of nitrogens with zero attached hydrogens (tertiary/aromatic N) is 2. The van der Waals surface area contributed by atoms with Gasteiger partial charge in [0.25, 0.3) is 0 Å². The topological polar surface area (TPSA) is 16.1 Å². The minimum Gasteiger partial charge on any atom is -0.294 e. The maximum atomic E-state index is 5.17. The molecule has 29 heavy (non-hydrogen) atoms. The molecule has 5 rings (SSSR count). The fourth-order valence-corrected chi connectivity index (χ4v) is 4.16. The summed E-state index contributed by atoms with van der Waals surface area (Å²) in [5.41, 5.74) is 8.68. The molecule has 0 fully saturated rings. The van der Waals surface area contributed by atoms with Crippen LogP contribution in [-0.4, -0.2) is 16.4 Å². The zero-order valence-corrected chi connectivity index (χ0v) is 16.5. The van der Waals surface area contributed by atoms with Crippen LogP contribution >= 0.6 is 0 Å². The fraction of sp³-hybridized carbons (Fsp3) is 0.148. The van der Waals surface area contributed by atoms with E-state index in [0.29, 0.717) is 0 Å². The predicted octanol–water partition coefficient (Wildman–Crippen LogP) is 5.97. The van der Waals surface area contributed by atoms with Crippen LogP contribution in [0.1, 0.15) is 16.8 Å². The molecule has 1 aliphatic heterocycles. The zero-order valence-electron chi connectivity index (χ0n) is 16.5. The highest BCUT2D eigenvalue weighted by atomic mass is 15.1. The molecular weight excluding hydrogens is 352 g/mol. The third kappa shape index (κ3) is 3.85. The smallest absolute Gasteiger partial charge is 0.0783 e. The van der Waals surface area contributed by atoms with Gasteiger partial charge in [0, 0.05) is 42.9 Å². The summed E-state index contributed by atoms with van der Waals surface area (Å²) in [6.07, 6.45) is 0.997. The monoisotopic (exact) mass is 376 g/mol. The Labute approximate surface area is 172 Å². The average Bonchev–Trinajstić information content (AvgIpc) is 2.80. The Balaban J connectivity index is 1.53. The second-order valence-corrected chi connectivity index (χ2v) is 7.67. The van der Waals surface area contributed by atoms with Gasteiger partial charge in [-0.15, -0.1) is 0 Å². The summed E-state index contributed by atoms with van der Waals surface area (Å²) in [6.45, 7) is 2.99. The van der Waals surface area contributed by atoms with Gasteiger partial charge in [-0.3, -0.25) is 9.88 Å². The molecular formula is C27H24N2. The Morgan fingerprint density at radius 1 is 0.724 bits per heavy atom. The van der Waals surface area contributed by atoms with E-state index in [1.165, 1.54) is 33.5 Å². The summed E-state index contributed by atoms with van der Waals surface area (Å²) in [5, 5.41) is 0. The van der Waals surface area contributed by atoms with Crippen LogP contribution in [0.4, 0.5) is 0 Å². The first-order valence-electron chi connectivity index (χ1n) is 10.3. The molecule has 4 aromatic rings. The molecule has 2 heterocycles. The van der Waals surface area contributed by atoms with Crippen molar-refractivity contribution in [3.8, 4) is 22.4 Å². The molecule has 0 saturated heterocycles. The summed E-state index contributed by atoms with van der Waals surface area (Å²) in [5.74, 6) is 0. The van der Waals surface area contributed by atoms with Crippen LogP contribution in [0.2, 0.25) is 0 Å². The van der Waals surface area contributed by atoms with Crippen LogP contribution < -0.4 is 0 Å². The minimum absolute atomic E-state index is 0.951. The summed E-state index contributed by atoms with van der Waals surface area (Å²) in [6, 6.07) is 34.3. The molecule has 1 aromatic heterocycles. The molecule has 0 atom stereocenters. The minimum atomic E-state index is 0.951. The van der Waals surface area contributed by atoms with Crippen molar-refractivity contribution < 1.29 is 0 Å². The lowest BCUT2D eigenvalue weighted by Crippen LogP contribution is -2.30. The lowest BCUT2D eigenvalue weighted by molar-refractivity contribution is 0.243. The van der Waals surface area contributed by atoms with E-state index in [0.717, 1.165) is 31.7 Å². The third-order valence-corrected chi connectivity index (χ3v) is 5.63. The summed E-state index contributed by atoms with van der Waals surface area (Å²) >= 11 is 0. The van der Waals surface area contributed by atoms with Gasteiger partial charge in [-0.05, 0) is 22.8 Å². The molecule has 2 heteroatoms. The Hall–Kier alpha value is -3.23. The summed E-state index contributed by atoms with van der Waals surface area (Å²) < 4.78 is 0. The number of aromatic nitrogens is 1. The van der Waals surface area contributed by atoms with Crippen LogP contribution in [0.25, 0.3) is 22.4 Å². The van der Waals surface area contributed by atoms with Crippen molar-refractivity contribution in [1.82, 2.24) is 9.88 Å². The van der Waals surface area contributed by atoms with Crippen LogP contribution in [0.5, 0.6) is 0 Å². The molecule has 0 aliphatic carbocycles. The number of hydrogen-bond acceptors (Lipinski definition) is 2. The van der Waals surface area contributed by atoms with Crippen molar-refractivity contribution in [2.24, 2.45) is 0 Å². The first-order valence-corrected chi connectivity index (χ1v) is 10.3. The maximum absolute atomic E-state index is 5.17. The highest BCUT2D eigenvalue weighted by Crippen LogP contribution is 2.34. The largest absolute Gasteiger partial charge is 0.294 e. The van der Waals surface area contributed by atoms with Gasteiger partial charge in [-0.2, -0.15) is 0 Å². The van der Waals surface area contributed by atoms with Crippen LogP contribution in [0.3, 0.4) is 0 Å². The van der Waals surface area contributed by atoms with E-state index in [9.17, 15) is 0 Å². The van der Waals surface area contributed by atoms with Gasteiger partial charge in [0.2, 0.25) is 0 Å². The lowest BCUT2D eigenvalue weighted by atomic mass is 9.94. The zero-order chi connectivity index (χ0) is 19.5. The van der Waals surface area contributed by atoms with Crippen molar-refractivity contribution >= 4 is 0 Å². The van der Waals surface area contributed by atoms with Crippen LogP contribution in [0, 0.1) is 0 Å². The molecule has 0 radical (unpaired) electrons. The quantitative estimate of drug-likeness (QED) is 0.436. The first kappa shape index (κ1) is 17.8. The fourth-order valence-electron chi connectivity index (χ4n) is 4.16. The molecule has 1 aliphatic rings. The lowest BCUT2D eigenvalue weighted by Gasteiger charge is -2.29. The number of pyridine rings is 1. The van der Waals surface area contributed by atoms with Gasteiger partial charge >= 0.3 is 0 Å². The summed E-state index contributed by atoms with van der Waals surface area (Å²) in [4.78, 5) is 7.70. The van der Waals surface area contributed by atoms with E-state index in [2.05, 4.69) is 102 Å². The van der Waals surface area contributed by atoms with Crippen molar-refractivity contribution in [3.63, 3.8) is 0 Å². The predicted molar refractivity (Wildman–Crippen MR) is 119 cm³/mol. The highest BCUT2D eigenvalue weighted by Gasteiger charge is 2.21. The van der Waals surface area contributed by atoms with Crippen molar-refractivity contribution in [3.05, 3.63) is 114 Å². The van der Waals surface area contributed by atoms with E-state index in [4.69, 9.17) is 4.98 Å². The van der Waals surface area contributed by atoms with Gasteiger partial charge in [0.1, 0.15) is 0 Å². The molecule has 0 bridgehead atoms. The first-order chi connectivity index (χ1) is 14.4. The van der Waals surface area contributed by atoms with Gasteiger partial charge < -0.3 is 0 Å². The van der Waals surface area contributed by atoms with Crippen molar-refractivity contribution in [2.45, 2.75) is 19.5 Å². The van der Waals surface area contributed by atoms with Gasteiger partial charge in [-0.1, -0.05) is 91.0 Å². The van der Waals surface area contributed by atoms with Gasteiger partial charge in [-0.25, -0.2) is 0 Å². The van der Waals surface area contributed by atoms with Crippen molar-refractivity contribution in [2.75, 3.05) is 6.54 Å². The number of hydrogen-bond donors (Lipinski definition) is 0. The van der Waals surface area contributed by atoms with E-state index in [1.807, 2.05) is 0 Å². The number of benzene rings is 3. The van der Waals surface area contributed by atoms with E-state index in [-0.39, 0.29) is 0 Å². The van der Waals surface area contributed by atoms with Crippen LogP contribution in [-0.2, 0) is 19.5 Å². The molecule has 0 unspecified atom stereocenters. The van der Waals surface area contributed by atoms with Gasteiger partial charge in [0.15, 0.2) is 0 Å². The standard InChI is InChI=1S/C27H24N2/c1-4-10-21(11-5-1)19-29-17-16-26-24(20-29)18-25(22-12-6-2-7-13-22)27(28-26)23-14-8-3-9-15-23/h1-15,18H,16-17,19-20H2. The second kappa shape index (κ2) is 8.02. The third-order valence-electron chi connectivity index (χ3n) is 5.63. The summed E-state index contributed by atoms with van der Waals surface area (Å²) in [7, 11) is 0. The molecule has 0 N–H and O–H groups in total. The number of rotatable bonds is 4. The Kier molecular flexibility index (Phi) is 4.93. The second-order valence-electron chi connectivity index (χ2n) is 7.67. The molecule has 3 aromatic carbocycles. The SMILES string of the molecule is c1ccc(CN2CCc3nc(-c4ccccc4)c(-c4ccccc4)cc3C2)cc1. The molecule has 2 nitrogen and oxygen atoms in total. The van der Waals surface area contributed by atoms with E-state index in [1.54, 1.807) is 0 Å². The molecule has 0 spiro atoms. The molecule has 142 valence electrons. The van der Waals surface area contributed by atoms with E-state index >= 15 is 0 Å². The van der Waals surface area contributed by atoms with E-state index < -0.39 is 0 Å². The van der Waals surface area contributed by atoms with Gasteiger partial charge in [0.05, 0.1) is 5.69 Å². The van der Waals surface area contributed by atoms with Crippen molar-refractivity contribution in [1.29, 1.82) is 0 Å². The Morgan fingerprint density at radius 2 is 1.34 bits per heavy atom. The average molecular weight is 377 g/mol. The molecule has 0 saturated carbocycles. The maximum Gasteiger partial charge on any atom is 0.0783 e. The normalized spacial score (nSPS) is 13.8. The Bertz CT molecular complexity index is 1090. The molecule has 0 amide bonds. The highest BCUT2D eigenvalue weighted by molar-refractivity contribution is 5.81.